The zero-order chi connectivity index (χ0) is 17.3. The Morgan fingerprint density at radius 2 is 2.08 bits per heavy atom. The van der Waals surface area contributed by atoms with Gasteiger partial charge in [-0.1, -0.05) is 23.7 Å². The molecule has 3 aromatic rings. The fraction of sp³-hybridized carbons (Fsp3) is 0.0625. The molecule has 0 bridgehead atoms. The van der Waals surface area contributed by atoms with Gasteiger partial charge in [-0.15, -0.1) is 0 Å². The summed E-state index contributed by atoms with van der Waals surface area (Å²) in [4.78, 5) is 16.4. The van der Waals surface area contributed by atoms with Crippen LogP contribution in [0, 0.1) is 6.92 Å². The van der Waals surface area contributed by atoms with Crippen LogP contribution in [-0.2, 0) is 0 Å². The van der Waals surface area contributed by atoms with E-state index < -0.39 is 5.91 Å². The molecule has 3 rings (SSSR count). The molecule has 0 fully saturated rings. The molecule has 1 amide bonds. The van der Waals surface area contributed by atoms with Gasteiger partial charge in [-0.25, -0.2) is 9.67 Å². The van der Waals surface area contributed by atoms with E-state index in [1.54, 1.807) is 12.1 Å². The number of benzene rings is 1. The number of carbonyl (C=O) groups is 1. The van der Waals surface area contributed by atoms with Crippen LogP contribution in [0.15, 0.2) is 47.2 Å². The molecular formula is C16H13BrClN5O. The highest BCUT2D eigenvalue weighted by Crippen LogP contribution is 2.27. The van der Waals surface area contributed by atoms with Crippen molar-refractivity contribution >= 4 is 45.1 Å². The normalized spacial score (nSPS) is 10.6. The number of rotatable bonds is 3. The minimum Gasteiger partial charge on any atom is -0.383 e. The van der Waals surface area contributed by atoms with Crippen molar-refractivity contribution < 1.29 is 4.79 Å². The van der Waals surface area contributed by atoms with Crippen molar-refractivity contribution in [3.63, 3.8) is 0 Å². The number of anilines is 2. The van der Waals surface area contributed by atoms with Crippen LogP contribution in [0.25, 0.3) is 5.69 Å². The third-order valence-corrected chi connectivity index (χ3v) is 4.67. The Kier molecular flexibility index (Phi) is 4.55. The summed E-state index contributed by atoms with van der Waals surface area (Å²) in [5, 5.41) is 7.38. The first-order chi connectivity index (χ1) is 11.5. The van der Waals surface area contributed by atoms with Gasteiger partial charge in [0.1, 0.15) is 17.2 Å². The lowest BCUT2D eigenvalue weighted by atomic mass is 10.2. The number of aryl methyl sites for hydroxylation is 1. The number of nitrogens with one attached hydrogen (secondary N) is 1. The van der Waals surface area contributed by atoms with Crippen LogP contribution in [-0.4, -0.2) is 20.7 Å². The quantitative estimate of drug-likeness (QED) is 0.692. The number of nitrogens with two attached hydrogens (primary N) is 1. The van der Waals surface area contributed by atoms with E-state index >= 15 is 0 Å². The first kappa shape index (κ1) is 16.5. The molecule has 0 saturated heterocycles. The van der Waals surface area contributed by atoms with E-state index in [-0.39, 0.29) is 11.4 Å². The van der Waals surface area contributed by atoms with Gasteiger partial charge in [0, 0.05) is 10.7 Å². The average molecular weight is 407 g/mol. The Labute approximate surface area is 151 Å². The zero-order valence-corrected chi connectivity index (χ0v) is 15.0. The van der Waals surface area contributed by atoms with E-state index in [4.69, 9.17) is 17.3 Å². The smallest absolute Gasteiger partial charge is 0.262 e. The summed E-state index contributed by atoms with van der Waals surface area (Å²) in [7, 11) is 0. The Hall–Kier alpha value is -2.38. The molecule has 0 radical (unpaired) electrons. The van der Waals surface area contributed by atoms with Crippen molar-refractivity contribution in [2.24, 2.45) is 0 Å². The van der Waals surface area contributed by atoms with Crippen LogP contribution >= 0.6 is 27.5 Å². The van der Waals surface area contributed by atoms with E-state index in [1.807, 2.05) is 25.1 Å². The summed E-state index contributed by atoms with van der Waals surface area (Å²) in [5.41, 5.74) is 8.18. The molecule has 1 aromatic carbocycles. The molecular weight excluding hydrogens is 394 g/mol. The third-order valence-electron chi connectivity index (χ3n) is 3.42. The van der Waals surface area contributed by atoms with E-state index in [1.165, 1.54) is 17.1 Å². The molecule has 0 aliphatic rings. The molecule has 0 spiro atoms. The summed E-state index contributed by atoms with van der Waals surface area (Å²) in [6, 6.07) is 8.97. The van der Waals surface area contributed by atoms with Crippen LogP contribution in [0.4, 0.5) is 11.6 Å². The standard InChI is InChI=1S/C16H13BrClN5O/c1-9-3-2-4-12(14(9)17)23-15(19)11(8-21-23)16(24)22-13-6-5-10(18)7-20-13/h2-8H,19H2,1H3,(H,20,22,24). The van der Waals surface area contributed by atoms with E-state index in [2.05, 4.69) is 31.3 Å². The maximum absolute atomic E-state index is 12.4. The molecule has 0 aliphatic carbocycles. The molecule has 2 heterocycles. The molecule has 0 aliphatic heterocycles. The van der Waals surface area contributed by atoms with Crippen LogP contribution in [0.3, 0.4) is 0 Å². The van der Waals surface area contributed by atoms with Crippen molar-refractivity contribution in [2.45, 2.75) is 6.92 Å². The summed E-state index contributed by atoms with van der Waals surface area (Å²) in [5.74, 6) is 0.235. The number of halogens is 2. The molecule has 0 unspecified atom stereocenters. The Morgan fingerprint density at radius 1 is 1.29 bits per heavy atom. The van der Waals surface area contributed by atoms with Gasteiger partial charge in [-0.2, -0.15) is 5.10 Å². The average Bonchev–Trinajstić information content (AvgIpc) is 2.94. The first-order valence-electron chi connectivity index (χ1n) is 6.99. The second kappa shape index (κ2) is 6.62. The van der Waals surface area contributed by atoms with Crippen molar-refractivity contribution in [1.29, 1.82) is 0 Å². The molecule has 6 nitrogen and oxygen atoms in total. The van der Waals surface area contributed by atoms with Gasteiger partial charge < -0.3 is 11.1 Å². The van der Waals surface area contributed by atoms with Crippen LogP contribution in [0.5, 0.6) is 0 Å². The van der Waals surface area contributed by atoms with Crippen LogP contribution in [0.1, 0.15) is 15.9 Å². The Morgan fingerprint density at radius 3 is 2.79 bits per heavy atom. The number of amides is 1. The van der Waals surface area contributed by atoms with Crippen molar-refractivity contribution in [3.05, 3.63) is 63.3 Å². The van der Waals surface area contributed by atoms with Crippen LogP contribution in [0.2, 0.25) is 5.02 Å². The Bertz CT molecular complexity index is 907. The molecule has 0 saturated carbocycles. The maximum Gasteiger partial charge on any atom is 0.262 e. The number of carbonyl (C=O) groups excluding carboxylic acids is 1. The number of nitrogen functional groups attached to an aromatic ring is 1. The lowest BCUT2D eigenvalue weighted by molar-refractivity contribution is 0.102. The fourth-order valence-electron chi connectivity index (χ4n) is 2.15. The number of aromatic nitrogens is 3. The summed E-state index contributed by atoms with van der Waals surface area (Å²) in [6.07, 6.45) is 2.88. The molecule has 0 atom stereocenters. The lowest BCUT2D eigenvalue weighted by Gasteiger charge is -2.09. The first-order valence-corrected chi connectivity index (χ1v) is 8.16. The number of nitrogens with zero attached hydrogens (tertiary/aromatic N) is 3. The minimum absolute atomic E-state index is 0.243. The molecule has 24 heavy (non-hydrogen) atoms. The van der Waals surface area contributed by atoms with E-state index in [0.29, 0.717) is 10.8 Å². The van der Waals surface area contributed by atoms with Gasteiger partial charge in [-0.3, -0.25) is 4.79 Å². The van der Waals surface area contributed by atoms with E-state index in [0.717, 1.165) is 15.7 Å². The SMILES string of the molecule is Cc1cccc(-n2ncc(C(=O)Nc3ccc(Cl)cn3)c2N)c1Br. The zero-order valence-electron chi connectivity index (χ0n) is 12.6. The molecule has 2 aromatic heterocycles. The highest BCUT2D eigenvalue weighted by atomic mass is 79.9. The monoisotopic (exact) mass is 405 g/mol. The van der Waals surface area contributed by atoms with Gasteiger partial charge in [0.2, 0.25) is 0 Å². The van der Waals surface area contributed by atoms with Crippen molar-refractivity contribution in [3.8, 4) is 5.69 Å². The second-order valence-electron chi connectivity index (χ2n) is 5.08. The molecule has 122 valence electrons. The van der Waals surface area contributed by atoms with Gasteiger partial charge in [0.25, 0.3) is 5.91 Å². The number of pyridine rings is 1. The van der Waals surface area contributed by atoms with Crippen molar-refractivity contribution in [2.75, 3.05) is 11.1 Å². The number of hydrogen-bond donors (Lipinski definition) is 2. The third kappa shape index (κ3) is 3.13. The molecule has 3 N–H and O–H groups in total. The maximum atomic E-state index is 12.4. The van der Waals surface area contributed by atoms with Crippen molar-refractivity contribution in [1.82, 2.24) is 14.8 Å². The van der Waals surface area contributed by atoms with E-state index in [9.17, 15) is 4.79 Å². The van der Waals surface area contributed by atoms with Gasteiger partial charge in [0.05, 0.1) is 16.9 Å². The van der Waals surface area contributed by atoms with Crippen LogP contribution < -0.4 is 11.1 Å². The fourth-order valence-corrected chi connectivity index (χ4v) is 2.70. The lowest BCUT2D eigenvalue weighted by Crippen LogP contribution is -2.15. The minimum atomic E-state index is -0.391. The summed E-state index contributed by atoms with van der Waals surface area (Å²) < 4.78 is 2.38. The Balaban J connectivity index is 1.91. The van der Waals surface area contributed by atoms with Gasteiger partial charge >= 0.3 is 0 Å². The van der Waals surface area contributed by atoms with Gasteiger partial charge in [-0.05, 0) is 46.6 Å². The second-order valence-corrected chi connectivity index (χ2v) is 6.31. The largest absolute Gasteiger partial charge is 0.383 e. The summed E-state index contributed by atoms with van der Waals surface area (Å²) >= 11 is 9.29. The number of hydrogen-bond acceptors (Lipinski definition) is 4. The highest BCUT2D eigenvalue weighted by Gasteiger charge is 2.18. The van der Waals surface area contributed by atoms with Gasteiger partial charge in [0.15, 0.2) is 0 Å². The predicted octanol–water partition coefficient (Wildman–Crippen LogP) is 3.83. The predicted molar refractivity (Wildman–Crippen MR) is 97.6 cm³/mol. The highest BCUT2D eigenvalue weighted by molar-refractivity contribution is 9.10. The molecule has 8 heteroatoms. The topological polar surface area (TPSA) is 85.8 Å². The summed E-state index contributed by atoms with van der Waals surface area (Å²) in [6.45, 7) is 1.97.